The maximum atomic E-state index is 11.9. The molecule has 17 heavy (non-hydrogen) atoms. The normalized spacial score (nSPS) is 24.0. The van der Waals surface area contributed by atoms with Crippen molar-refractivity contribution in [1.29, 1.82) is 0 Å². The number of amides is 1. The van der Waals surface area contributed by atoms with Crippen LogP contribution in [-0.4, -0.2) is 39.5 Å². The predicted octanol–water partition coefficient (Wildman–Crippen LogP) is 0.785. The van der Waals surface area contributed by atoms with Gasteiger partial charge in [0.25, 0.3) is 5.91 Å². The van der Waals surface area contributed by atoms with Gasteiger partial charge in [0.2, 0.25) is 0 Å². The molecule has 1 aromatic heterocycles. The van der Waals surface area contributed by atoms with Gasteiger partial charge in [-0.25, -0.2) is 0 Å². The number of nitrogens with zero attached hydrogens (tertiary/aromatic N) is 2. The van der Waals surface area contributed by atoms with Crippen LogP contribution in [0.4, 0.5) is 5.88 Å². The van der Waals surface area contributed by atoms with E-state index in [1.165, 1.54) is 11.0 Å². The number of carbonyl (C=O) groups is 1. The molecule has 1 amide bonds. The summed E-state index contributed by atoms with van der Waals surface area (Å²) in [6.07, 6.45) is 0.488. The van der Waals surface area contributed by atoms with Crippen molar-refractivity contribution in [3.8, 4) is 0 Å². The van der Waals surface area contributed by atoms with Crippen molar-refractivity contribution < 1.29 is 19.2 Å². The molecule has 0 aliphatic carbocycles. The fraction of sp³-hybridized carbons (Fsp3) is 0.500. The van der Waals surface area contributed by atoms with Gasteiger partial charge in [0.05, 0.1) is 11.7 Å². The topological polar surface area (TPSA) is 96.8 Å². The maximum absolute atomic E-state index is 11.9. The van der Waals surface area contributed by atoms with E-state index in [2.05, 4.69) is 0 Å². The Morgan fingerprint density at radius 2 is 2.35 bits per heavy atom. The molecule has 0 spiro atoms. The van der Waals surface area contributed by atoms with Crippen LogP contribution in [0.2, 0.25) is 0 Å². The maximum Gasteiger partial charge on any atom is 0.433 e. The molecule has 1 unspecified atom stereocenters. The van der Waals surface area contributed by atoms with E-state index < -0.39 is 22.3 Å². The molecule has 2 heterocycles. The van der Waals surface area contributed by atoms with Crippen LogP contribution in [0.3, 0.4) is 0 Å². The fourth-order valence-corrected chi connectivity index (χ4v) is 1.82. The molecule has 1 aromatic rings. The fourth-order valence-electron chi connectivity index (χ4n) is 1.82. The Kier molecular flexibility index (Phi) is 2.62. The number of hydrogen-bond acceptors (Lipinski definition) is 5. The zero-order valence-electron chi connectivity index (χ0n) is 9.25. The summed E-state index contributed by atoms with van der Waals surface area (Å²) in [5, 5.41) is 20.1. The van der Waals surface area contributed by atoms with Crippen LogP contribution in [-0.2, 0) is 0 Å². The second-order valence-electron chi connectivity index (χ2n) is 4.37. The minimum Gasteiger partial charge on any atom is -0.395 e. The number of rotatable bonds is 2. The van der Waals surface area contributed by atoms with E-state index in [9.17, 15) is 20.0 Å². The van der Waals surface area contributed by atoms with Crippen molar-refractivity contribution in [2.75, 3.05) is 13.1 Å². The lowest BCUT2D eigenvalue weighted by atomic mass is 10.1. The molecule has 1 atom stereocenters. The average Bonchev–Trinajstić information content (AvgIpc) is 2.83. The number of hydrogen-bond donors (Lipinski definition) is 1. The molecule has 2 rings (SSSR count). The standard InChI is InChI=1S/C10H12N2O5/c1-10(14)4-5-11(6-10)9(13)7-2-3-8(17-7)12(15)16/h2-3,14H,4-6H2,1H3. The first-order valence-electron chi connectivity index (χ1n) is 5.15. The number of furan rings is 1. The highest BCUT2D eigenvalue weighted by Gasteiger charge is 2.35. The lowest BCUT2D eigenvalue weighted by Gasteiger charge is -2.17. The number of β-amino-alcohol motifs (C(OH)–C–C–N with tert-alkyl or cyclic N) is 1. The molecule has 7 nitrogen and oxygen atoms in total. The van der Waals surface area contributed by atoms with Gasteiger partial charge >= 0.3 is 5.88 Å². The number of carbonyl (C=O) groups excluding carboxylic acids is 1. The largest absolute Gasteiger partial charge is 0.433 e. The monoisotopic (exact) mass is 240 g/mol. The second kappa shape index (κ2) is 3.85. The van der Waals surface area contributed by atoms with Gasteiger partial charge in [-0.2, -0.15) is 0 Å². The summed E-state index contributed by atoms with van der Waals surface area (Å²) in [6.45, 7) is 2.27. The molecule has 1 fully saturated rings. The van der Waals surface area contributed by atoms with Crippen molar-refractivity contribution >= 4 is 11.8 Å². The number of aliphatic hydroxyl groups is 1. The van der Waals surface area contributed by atoms with Gasteiger partial charge in [-0.3, -0.25) is 14.9 Å². The van der Waals surface area contributed by atoms with E-state index in [0.717, 1.165) is 6.07 Å². The van der Waals surface area contributed by atoms with Crippen LogP contribution in [0.15, 0.2) is 16.5 Å². The molecule has 1 N–H and O–H groups in total. The number of likely N-dealkylation sites (tertiary alicyclic amines) is 1. The predicted molar refractivity (Wildman–Crippen MR) is 56.5 cm³/mol. The Morgan fingerprint density at radius 3 is 2.82 bits per heavy atom. The van der Waals surface area contributed by atoms with Gasteiger partial charge < -0.3 is 14.4 Å². The highest BCUT2D eigenvalue weighted by molar-refractivity contribution is 5.92. The van der Waals surface area contributed by atoms with Gasteiger partial charge in [0, 0.05) is 13.1 Å². The first-order valence-corrected chi connectivity index (χ1v) is 5.15. The van der Waals surface area contributed by atoms with Crippen molar-refractivity contribution in [2.24, 2.45) is 0 Å². The van der Waals surface area contributed by atoms with Crippen LogP contribution >= 0.6 is 0 Å². The molecule has 0 bridgehead atoms. The quantitative estimate of drug-likeness (QED) is 0.608. The van der Waals surface area contributed by atoms with E-state index in [0.29, 0.717) is 13.0 Å². The lowest BCUT2D eigenvalue weighted by molar-refractivity contribution is -0.402. The van der Waals surface area contributed by atoms with E-state index >= 15 is 0 Å². The van der Waals surface area contributed by atoms with Crippen molar-refractivity contribution in [3.63, 3.8) is 0 Å². The molecular formula is C10H12N2O5. The van der Waals surface area contributed by atoms with Gasteiger partial charge in [0.1, 0.15) is 4.92 Å². The highest BCUT2D eigenvalue weighted by atomic mass is 16.6. The van der Waals surface area contributed by atoms with Gasteiger partial charge in [-0.05, 0) is 19.4 Å². The summed E-state index contributed by atoms with van der Waals surface area (Å²) in [5.74, 6) is -0.968. The first-order chi connectivity index (χ1) is 7.89. The summed E-state index contributed by atoms with van der Waals surface area (Å²) in [5.41, 5.74) is -0.895. The molecule has 1 aliphatic rings. The van der Waals surface area contributed by atoms with Gasteiger partial charge in [-0.1, -0.05) is 0 Å². The molecule has 0 aromatic carbocycles. The van der Waals surface area contributed by atoms with Crippen LogP contribution < -0.4 is 0 Å². The third-order valence-corrected chi connectivity index (χ3v) is 2.72. The Labute approximate surface area is 96.8 Å². The highest BCUT2D eigenvalue weighted by Crippen LogP contribution is 2.24. The third-order valence-electron chi connectivity index (χ3n) is 2.72. The smallest absolute Gasteiger partial charge is 0.395 e. The third kappa shape index (κ3) is 2.28. The molecule has 0 radical (unpaired) electrons. The van der Waals surface area contributed by atoms with Gasteiger partial charge in [-0.15, -0.1) is 0 Å². The van der Waals surface area contributed by atoms with E-state index in [1.807, 2.05) is 0 Å². The minimum absolute atomic E-state index is 0.0746. The SMILES string of the molecule is CC1(O)CCN(C(=O)c2ccc([N+](=O)[O-])o2)C1. The summed E-state index contributed by atoms with van der Waals surface area (Å²) in [6, 6.07) is 2.41. The molecule has 7 heteroatoms. The van der Waals surface area contributed by atoms with Crippen LogP contribution in [0.1, 0.15) is 23.9 Å². The van der Waals surface area contributed by atoms with E-state index in [-0.39, 0.29) is 12.3 Å². The van der Waals surface area contributed by atoms with Crippen molar-refractivity contribution in [1.82, 2.24) is 4.90 Å². The van der Waals surface area contributed by atoms with Crippen LogP contribution in [0, 0.1) is 10.1 Å². The summed E-state index contributed by atoms with van der Waals surface area (Å²) < 4.78 is 4.82. The van der Waals surface area contributed by atoms with Crippen molar-refractivity contribution in [3.05, 3.63) is 28.0 Å². The lowest BCUT2D eigenvalue weighted by Crippen LogP contribution is -2.33. The zero-order valence-corrected chi connectivity index (χ0v) is 9.25. The molecule has 0 saturated carbocycles. The molecule has 1 aliphatic heterocycles. The first kappa shape index (κ1) is 11.6. The zero-order chi connectivity index (χ0) is 12.6. The van der Waals surface area contributed by atoms with E-state index in [4.69, 9.17) is 4.42 Å². The van der Waals surface area contributed by atoms with Gasteiger partial charge in [0.15, 0.2) is 5.76 Å². The Bertz CT molecular complexity index is 465. The van der Waals surface area contributed by atoms with Crippen molar-refractivity contribution in [2.45, 2.75) is 18.9 Å². The summed E-state index contributed by atoms with van der Waals surface area (Å²) in [4.78, 5) is 23.0. The summed E-state index contributed by atoms with van der Waals surface area (Å²) in [7, 11) is 0. The van der Waals surface area contributed by atoms with E-state index in [1.54, 1.807) is 6.92 Å². The second-order valence-corrected chi connectivity index (χ2v) is 4.37. The summed E-state index contributed by atoms with van der Waals surface area (Å²) >= 11 is 0. The molecule has 1 saturated heterocycles. The molecular weight excluding hydrogens is 228 g/mol. The molecule has 92 valence electrons. The minimum atomic E-state index is -0.895. The Hall–Kier alpha value is -1.89. The Morgan fingerprint density at radius 1 is 1.65 bits per heavy atom. The van der Waals surface area contributed by atoms with Crippen LogP contribution in [0.25, 0.3) is 0 Å². The Balaban J connectivity index is 2.12. The van der Waals surface area contributed by atoms with Crippen LogP contribution in [0.5, 0.6) is 0 Å². The number of nitro groups is 1. The average molecular weight is 240 g/mol.